The second-order valence-corrected chi connectivity index (χ2v) is 11.2. The molecule has 0 aliphatic heterocycles. The van der Waals surface area contributed by atoms with E-state index in [1.54, 1.807) is 42.5 Å². The quantitative estimate of drug-likeness (QED) is 0.184. The SMILES string of the molecule is [2H]c1c([2H])c([2H])c(-c2c([2H])c([2H])c([2H])c(-c3c([2H])c([2H])c([2H])c4c3oc3c([2H])c(-c5nc(-c6ccccc6)nc(-c6cccc7oc8ccccc8c67)n5)c([2H])c([2H])c34)c2[2H])c([2H])c1[2H]. The number of para-hydroxylation sites is 2. The molecule has 0 atom stereocenters. The van der Waals surface area contributed by atoms with Crippen LogP contribution in [0.1, 0.15) is 20.6 Å². The van der Waals surface area contributed by atoms with Crippen molar-refractivity contribution in [2.24, 2.45) is 0 Å². The smallest absolute Gasteiger partial charge is 0.164 e. The van der Waals surface area contributed by atoms with Crippen LogP contribution in [0.4, 0.5) is 0 Å². The minimum atomic E-state index is -0.847. The maximum absolute atomic E-state index is 9.57. The zero-order valence-electron chi connectivity index (χ0n) is 40.6. The van der Waals surface area contributed by atoms with Gasteiger partial charge in [-0.1, -0.05) is 133 Å². The van der Waals surface area contributed by atoms with Crippen molar-refractivity contribution < 1.29 is 29.4 Å². The van der Waals surface area contributed by atoms with Crippen molar-refractivity contribution >= 4 is 43.9 Å². The summed E-state index contributed by atoms with van der Waals surface area (Å²) in [5, 5.41) is 0.883. The lowest BCUT2D eigenvalue weighted by molar-refractivity contribution is 0.669. The zero-order chi connectivity index (χ0) is 46.1. The fourth-order valence-electron chi connectivity index (χ4n) is 5.96. The van der Waals surface area contributed by atoms with Crippen LogP contribution >= 0.6 is 0 Å². The first-order valence-electron chi connectivity index (χ1n) is 22.9. The van der Waals surface area contributed by atoms with E-state index in [-0.39, 0.29) is 33.8 Å². The van der Waals surface area contributed by atoms with Crippen molar-refractivity contribution in [3.05, 3.63) is 163 Å². The molecule has 10 rings (SSSR count). The van der Waals surface area contributed by atoms with Gasteiger partial charge in [-0.05, 0) is 47.0 Å². The van der Waals surface area contributed by atoms with Crippen molar-refractivity contribution in [2.75, 3.05) is 0 Å². The largest absolute Gasteiger partial charge is 0.456 e. The number of hydrogen-bond donors (Lipinski definition) is 0. The Labute approximate surface area is 308 Å². The summed E-state index contributed by atoms with van der Waals surface area (Å²) in [5.74, 6) is 0.136. The average molecular weight is 657 g/mol. The number of rotatable bonds is 5. The normalized spacial score (nSPS) is 15.8. The summed E-state index contributed by atoms with van der Waals surface area (Å²) in [6.45, 7) is 0. The van der Waals surface area contributed by atoms with Gasteiger partial charge < -0.3 is 8.83 Å². The molecular weight excluding hydrogens is 615 g/mol. The summed E-state index contributed by atoms with van der Waals surface area (Å²) in [6.07, 6.45) is 0. The van der Waals surface area contributed by atoms with Crippen LogP contribution in [0.3, 0.4) is 0 Å². The van der Waals surface area contributed by atoms with Crippen LogP contribution in [-0.2, 0) is 0 Å². The van der Waals surface area contributed by atoms with E-state index in [2.05, 4.69) is 0 Å². The molecule has 0 saturated carbocycles. The van der Waals surface area contributed by atoms with E-state index in [0.717, 1.165) is 5.39 Å². The van der Waals surface area contributed by atoms with Crippen molar-refractivity contribution in [2.45, 2.75) is 0 Å². The predicted octanol–water partition coefficient (Wildman–Crippen LogP) is 12.0. The van der Waals surface area contributed by atoms with Gasteiger partial charge in [0.15, 0.2) is 17.5 Å². The molecule has 0 aliphatic carbocycles. The summed E-state index contributed by atoms with van der Waals surface area (Å²) < 4.78 is 145. The third-order valence-corrected chi connectivity index (χ3v) is 8.22. The van der Waals surface area contributed by atoms with Crippen LogP contribution in [0.25, 0.3) is 100 Å². The molecule has 0 spiro atoms. The second kappa shape index (κ2) is 11.4. The standard InChI is InChI=1S/C45H27N3O2/c1-3-12-28(13-4-1)30-16-9-17-31(26-30)33-19-10-20-35-34-25-24-32(27-40(34)50-42(33)35)44-46-43(29-14-5-2-6-15-29)47-45(48-44)37-21-11-23-39-41(37)36-18-7-8-22-38(36)49-39/h1-27H/i1D,3D,4D,9D,10D,12D,13D,16D,17D,19D,20D,24D,25D,26D,27D. The van der Waals surface area contributed by atoms with E-state index >= 15 is 0 Å². The Bertz CT molecular complexity index is 3710. The Kier molecular flexibility index (Phi) is 3.87. The Hall–Kier alpha value is -6.85. The lowest BCUT2D eigenvalue weighted by atomic mass is 9.97. The molecule has 0 bridgehead atoms. The topological polar surface area (TPSA) is 65.0 Å². The molecule has 50 heavy (non-hydrogen) atoms. The van der Waals surface area contributed by atoms with Crippen molar-refractivity contribution in [1.82, 2.24) is 15.0 Å². The fraction of sp³-hybridized carbons (Fsp3) is 0. The maximum atomic E-state index is 9.57. The van der Waals surface area contributed by atoms with Gasteiger partial charge in [0.25, 0.3) is 0 Å². The molecule has 3 aromatic heterocycles. The van der Waals surface area contributed by atoms with E-state index in [9.17, 15) is 5.48 Å². The molecule has 0 saturated heterocycles. The number of furan rings is 2. The molecule has 7 aromatic carbocycles. The highest BCUT2D eigenvalue weighted by molar-refractivity contribution is 6.12. The van der Waals surface area contributed by atoms with Gasteiger partial charge in [0, 0.05) is 43.8 Å². The predicted molar refractivity (Wildman–Crippen MR) is 202 cm³/mol. The number of aromatic nitrogens is 3. The molecule has 5 nitrogen and oxygen atoms in total. The molecule has 0 radical (unpaired) electrons. The minimum Gasteiger partial charge on any atom is -0.456 e. The average Bonchev–Trinajstić information content (AvgIpc) is 3.90. The molecule has 234 valence electrons. The summed E-state index contributed by atoms with van der Waals surface area (Å²) in [7, 11) is 0. The Morgan fingerprint density at radius 2 is 1.14 bits per heavy atom. The maximum Gasteiger partial charge on any atom is 0.164 e. The van der Waals surface area contributed by atoms with E-state index in [4.69, 9.17) is 38.9 Å². The number of fused-ring (bicyclic) bond motifs is 6. The van der Waals surface area contributed by atoms with Crippen LogP contribution in [0.2, 0.25) is 0 Å². The van der Waals surface area contributed by atoms with Crippen molar-refractivity contribution in [3.63, 3.8) is 0 Å². The second-order valence-electron chi connectivity index (χ2n) is 11.2. The molecule has 0 aliphatic rings. The number of hydrogen-bond acceptors (Lipinski definition) is 5. The highest BCUT2D eigenvalue weighted by Gasteiger charge is 2.19. The van der Waals surface area contributed by atoms with Gasteiger partial charge in [0.05, 0.1) is 20.6 Å². The lowest BCUT2D eigenvalue weighted by Gasteiger charge is -2.09. The van der Waals surface area contributed by atoms with E-state index in [0.29, 0.717) is 27.7 Å². The Morgan fingerprint density at radius 1 is 0.400 bits per heavy atom. The Balaban J connectivity index is 1.28. The summed E-state index contributed by atoms with van der Waals surface area (Å²) in [6, 6.07) is 10.7. The van der Waals surface area contributed by atoms with Gasteiger partial charge in [0.1, 0.15) is 22.3 Å². The molecule has 0 N–H and O–H groups in total. The molecule has 5 heteroatoms. The van der Waals surface area contributed by atoms with Gasteiger partial charge in [-0.3, -0.25) is 0 Å². The van der Waals surface area contributed by atoms with Gasteiger partial charge in [-0.2, -0.15) is 0 Å². The summed E-state index contributed by atoms with van der Waals surface area (Å²) >= 11 is 0. The van der Waals surface area contributed by atoms with Crippen LogP contribution in [0.5, 0.6) is 0 Å². The minimum absolute atomic E-state index is 0.152. The van der Waals surface area contributed by atoms with Crippen LogP contribution in [0, 0.1) is 0 Å². The van der Waals surface area contributed by atoms with E-state index in [1.165, 1.54) is 0 Å². The number of benzene rings is 7. The van der Waals surface area contributed by atoms with Gasteiger partial charge >= 0.3 is 0 Å². The molecule has 0 amide bonds. The monoisotopic (exact) mass is 656 g/mol. The summed E-state index contributed by atoms with van der Waals surface area (Å²) in [5.41, 5.74) is -1.19. The third kappa shape index (κ3) is 4.67. The first kappa shape index (κ1) is 17.0. The zero-order valence-corrected chi connectivity index (χ0v) is 25.6. The number of nitrogens with zero attached hydrogens (tertiary/aromatic N) is 3. The third-order valence-electron chi connectivity index (χ3n) is 8.22. The molecule has 0 fully saturated rings. The first-order valence-corrected chi connectivity index (χ1v) is 15.4. The van der Waals surface area contributed by atoms with Crippen LogP contribution in [0.15, 0.2) is 172 Å². The van der Waals surface area contributed by atoms with Crippen LogP contribution < -0.4 is 0 Å². The van der Waals surface area contributed by atoms with Gasteiger partial charge in [0.2, 0.25) is 0 Å². The lowest BCUT2D eigenvalue weighted by Crippen LogP contribution is -2.00. The van der Waals surface area contributed by atoms with Gasteiger partial charge in [-0.15, -0.1) is 0 Å². The Morgan fingerprint density at radius 3 is 2.04 bits per heavy atom. The van der Waals surface area contributed by atoms with Crippen molar-refractivity contribution in [3.8, 4) is 56.4 Å². The molecule has 0 unspecified atom stereocenters. The van der Waals surface area contributed by atoms with Crippen molar-refractivity contribution in [1.29, 1.82) is 0 Å². The highest BCUT2D eigenvalue weighted by atomic mass is 16.3. The van der Waals surface area contributed by atoms with E-state index < -0.39 is 124 Å². The summed E-state index contributed by atoms with van der Waals surface area (Å²) in [4.78, 5) is 14.3. The molecular formula is C45H27N3O2. The van der Waals surface area contributed by atoms with Crippen LogP contribution in [-0.4, -0.2) is 15.0 Å². The highest BCUT2D eigenvalue weighted by Crippen LogP contribution is 2.39. The van der Waals surface area contributed by atoms with E-state index in [1.807, 2.05) is 30.3 Å². The molecule has 3 heterocycles. The fourth-order valence-corrected chi connectivity index (χ4v) is 5.96. The van der Waals surface area contributed by atoms with Gasteiger partial charge in [-0.25, -0.2) is 15.0 Å². The molecule has 10 aromatic rings. The first-order chi connectivity index (χ1) is 31.0.